The number of nitrogens with zero attached hydrogens (tertiary/aromatic N) is 1. The number of aromatic nitrogens is 2. The molecule has 0 amide bonds. The highest BCUT2D eigenvalue weighted by molar-refractivity contribution is 7.71. The first kappa shape index (κ1) is 15.5. The smallest absolute Gasteiger partial charge is 0.270 e. The molecule has 0 fully saturated rings. The summed E-state index contributed by atoms with van der Waals surface area (Å²) >= 11 is 4.88. The number of hydrogen-bond donors (Lipinski definition) is 3. The van der Waals surface area contributed by atoms with Crippen molar-refractivity contribution in [2.45, 2.75) is 6.92 Å². The van der Waals surface area contributed by atoms with Gasteiger partial charge >= 0.3 is 0 Å². The van der Waals surface area contributed by atoms with Gasteiger partial charge in [0.05, 0.1) is 12.3 Å². The predicted octanol–water partition coefficient (Wildman–Crippen LogP) is 2.58. The fourth-order valence-electron chi connectivity index (χ4n) is 1.86. The molecule has 0 bridgehead atoms. The van der Waals surface area contributed by atoms with Gasteiger partial charge < -0.3 is 14.8 Å². The number of H-pyrrole nitrogens is 2. The molecule has 0 atom stereocenters. The van der Waals surface area contributed by atoms with Crippen LogP contribution in [0.5, 0.6) is 11.5 Å². The fraction of sp³-hybridized carbons (Fsp3) is 0.133. The third kappa shape index (κ3) is 3.24. The molecular formula is C15H13N3O3S. The third-order valence-electron chi connectivity index (χ3n) is 2.84. The number of ether oxygens (including phenoxy) is 1. The van der Waals surface area contributed by atoms with Gasteiger partial charge in [-0.1, -0.05) is 12.1 Å². The molecule has 0 aliphatic heterocycles. The molecule has 1 heterocycles. The second kappa shape index (κ2) is 6.74. The van der Waals surface area contributed by atoms with E-state index in [4.69, 9.17) is 22.2 Å². The van der Waals surface area contributed by atoms with Gasteiger partial charge in [0.2, 0.25) is 0 Å². The first-order chi connectivity index (χ1) is 10.6. The maximum absolute atomic E-state index is 11.6. The van der Waals surface area contributed by atoms with Crippen LogP contribution in [0.15, 0.2) is 23.0 Å². The molecule has 6 nitrogen and oxygen atoms in total. The zero-order chi connectivity index (χ0) is 16.1. The predicted molar refractivity (Wildman–Crippen MR) is 85.2 cm³/mol. The van der Waals surface area contributed by atoms with Crippen molar-refractivity contribution in [1.29, 1.82) is 5.26 Å². The van der Waals surface area contributed by atoms with Crippen LogP contribution in [0.4, 0.5) is 0 Å². The molecule has 0 unspecified atom stereocenters. The van der Waals surface area contributed by atoms with Gasteiger partial charge in [0.15, 0.2) is 16.3 Å². The van der Waals surface area contributed by atoms with E-state index in [-0.39, 0.29) is 21.8 Å². The monoisotopic (exact) mass is 315 g/mol. The van der Waals surface area contributed by atoms with E-state index >= 15 is 0 Å². The highest BCUT2D eigenvalue weighted by Gasteiger charge is 2.07. The number of nitrogens with one attached hydrogen (secondary N) is 2. The van der Waals surface area contributed by atoms with E-state index in [0.717, 1.165) is 0 Å². The van der Waals surface area contributed by atoms with Gasteiger partial charge in [-0.05, 0) is 37.4 Å². The van der Waals surface area contributed by atoms with Crippen molar-refractivity contribution in [2.75, 3.05) is 6.61 Å². The van der Waals surface area contributed by atoms with Crippen LogP contribution < -0.4 is 10.3 Å². The van der Waals surface area contributed by atoms with E-state index < -0.39 is 5.56 Å². The molecule has 0 aliphatic carbocycles. The number of nitriles is 1. The quantitative estimate of drug-likeness (QED) is 0.753. The summed E-state index contributed by atoms with van der Waals surface area (Å²) in [6.45, 7) is 2.25. The summed E-state index contributed by atoms with van der Waals surface area (Å²) in [7, 11) is 0. The lowest BCUT2D eigenvalue weighted by atomic mass is 10.1. The lowest BCUT2D eigenvalue weighted by molar-refractivity contribution is 0.318. The number of benzene rings is 1. The Labute approximate surface area is 131 Å². The summed E-state index contributed by atoms with van der Waals surface area (Å²) in [5, 5.41) is 19.1. The van der Waals surface area contributed by atoms with Crippen LogP contribution in [-0.2, 0) is 0 Å². The maximum atomic E-state index is 11.6. The average Bonchev–Trinajstić information content (AvgIpc) is 2.48. The molecule has 7 heteroatoms. The van der Waals surface area contributed by atoms with E-state index in [1.807, 2.05) is 13.0 Å². The molecule has 3 N–H and O–H groups in total. The van der Waals surface area contributed by atoms with Crippen LogP contribution in [0, 0.1) is 16.1 Å². The molecule has 112 valence electrons. The second-order valence-electron chi connectivity index (χ2n) is 4.27. The van der Waals surface area contributed by atoms with Crippen molar-refractivity contribution in [2.24, 2.45) is 0 Å². The molecular weight excluding hydrogens is 302 g/mol. The first-order valence-corrected chi connectivity index (χ1v) is 6.87. The van der Waals surface area contributed by atoms with Gasteiger partial charge in [0.25, 0.3) is 5.56 Å². The van der Waals surface area contributed by atoms with Gasteiger partial charge in [-0.15, -0.1) is 0 Å². The summed E-state index contributed by atoms with van der Waals surface area (Å²) in [6.07, 6.45) is 3.08. The minimum Gasteiger partial charge on any atom is -0.504 e. The fourth-order valence-corrected chi connectivity index (χ4v) is 2.06. The SMILES string of the molecule is CCOc1cccc(/C=C/c2[nH]c(=S)[nH]c(=O)c2C#N)c1O. The largest absolute Gasteiger partial charge is 0.504 e. The molecule has 0 saturated carbocycles. The van der Waals surface area contributed by atoms with Crippen molar-refractivity contribution in [3.63, 3.8) is 0 Å². The van der Waals surface area contributed by atoms with Crippen molar-refractivity contribution in [3.05, 3.63) is 50.1 Å². The molecule has 2 aromatic rings. The van der Waals surface area contributed by atoms with Gasteiger partial charge in [0.1, 0.15) is 11.6 Å². The summed E-state index contributed by atoms with van der Waals surface area (Å²) in [5.41, 5.74) is 0.135. The molecule has 0 aliphatic rings. The number of phenolic OH excluding ortho intramolecular Hbond substituents is 1. The van der Waals surface area contributed by atoms with E-state index in [1.54, 1.807) is 24.3 Å². The normalized spacial score (nSPS) is 10.5. The number of aromatic amines is 2. The Bertz CT molecular complexity index is 875. The van der Waals surface area contributed by atoms with Crippen molar-refractivity contribution in [3.8, 4) is 17.6 Å². The van der Waals surface area contributed by atoms with E-state index in [2.05, 4.69) is 9.97 Å². The number of hydrogen-bond acceptors (Lipinski definition) is 5. The van der Waals surface area contributed by atoms with Crippen molar-refractivity contribution in [1.82, 2.24) is 9.97 Å². The minimum atomic E-state index is -0.557. The molecule has 2 rings (SSSR count). The van der Waals surface area contributed by atoms with Gasteiger partial charge in [0, 0.05) is 5.56 Å². The molecule has 0 saturated heterocycles. The minimum absolute atomic E-state index is 0.0115. The van der Waals surface area contributed by atoms with Crippen LogP contribution in [0.25, 0.3) is 12.2 Å². The number of para-hydroxylation sites is 1. The first-order valence-electron chi connectivity index (χ1n) is 6.46. The summed E-state index contributed by atoms with van der Waals surface area (Å²) in [5.74, 6) is 0.353. The van der Waals surface area contributed by atoms with Crippen LogP contribution in [0.1, 0.15) is 23.7 Å². The van der Waals surface area contributed by atoms with Crippen molar-refractivity contribution >= 4 is 24.4 Å². The Hall–Kier alpha value is -2.85. The molecule has 22 heavy (non-hydrogen) atoms. The summed E-state index contributed by atoms with van der Waals surface area (Å²) in [6, 6.07) is 6.88. The lowest BCUT2D eigenvalue weighted by Crippen LogP contribution is -2.13. The van der Waals surface area contributed by atoms with Crippen LogP contribution in [0.3, 0.4) is 0 Å². The molecule has 0 spiro atoms. The highest BCUT2D eigenvalue weighted by atomic mass is 32.1. The van der Waals surface area contributed by atoms with E-state index in [1.165, 1.54) is 6.08 Å². The van der Waals surface area contributed by atoms with Crippen molar-refractivity contribution < 1.29 is 9.84 Å². The topological polar surface area (TPSA) is 102 Å². The zero-order valence-electron chi connectivity index (χ0n) is 11.7. The van der Waals surface area contributed by atoms with Crippen LogP contribution in [0.2, 0.25) is 0 Å². The van der Waals surface area contributed by atoms with Crippen LogP contribution in [-0.4, -0.2) is 21.7 Å². The molecule has 1 aromatic heterocycles. The van der Waals surface area contributed by atoms with E-state index in [9.17, 15) is 9.90 Å². The molecule has 1 aromatic carbocycles. The summed E-state index contributed by atoms with van der Waals surface area (Å²) < 4.78 is 5.42. The standard InChI is InChI=1S/C15H13N3O3S/c1-2-21-12-5-3-4-9(13(12)19)6-7-11-10(8-16)14(20)18-15(22)17-11/h3-7,19H,2H2,1H3,(H2,17,18,20,22)/b7-6+. The average molecular weight is 315 g/mol. The Kier molecular flexibility index (Phi) is 4.76. The second-order valence-corrected chi connectivity index (χ2v) is 4.68. The Morgan fingerprint density at radius 1 is 1.41 bits per heavy atom. The number of phenols is 1. The lowest BCUT2D eigenvalue weighted by Gasteiger charge is -2.07. The molecule has 0 radical (unpaired) electrons. The Morgan fingerprint density at radius 3 is 2.86 bits per heavy atom. The Balaban J connectivity index is 2.46. The van der Waals surface area contributed by atoms with Gasteiger partial charge in [-0.2, -0.15) is 5.26 Å². The highest BCUT2D eigenvalue weighted by Crippen LogP contribution is 2.30. The van der Waals surface area contributed by atoms with E-state index in [0.29, 0.717) is 17.9 Å². The Morgan fingerprint density at radius 2 is 2.18 bits per heavy atom. The zero-order valence-corrected chi connectivity index (χ0v) is 12.5. The maximum Gasteiger partial charge on any atom is 0.270 e. The number of rotatable bonds is 4. The van der Waals surface area contributed by atoms with Crippen LogP contribution >= 0.6 is 12.2 Å². The van der Waals surface area contributed by atoms with Gasteiger partial charge in [-0.25, -0.2) is 0 Å². The van der Waals surface area contributed by atoms with Gasteiger partial charge in [-0.3, -0.25) is 9.78 Å². The summed E-state index contributed by atoms with van der Waals surface area (Å²) in [4.78, 5) is 16.7. The third-order valence-corrected chi connectivity index (χ3v) is 3.05. The number of aromatic hydroxyl groups is 1.